The summed E-state index contributed by atoms with van der Waals surface area (Å²) in [6, 6.07) is 12.5. The normalized spacial score (nSPS) is 26.3. The third kappa shape index (κ3) is 2.33. The molecule has 1 aliphatic heterocycles. The molecule has 2 fully saturated rings. The molecule has 2 aromatic carbocycles. The molecule has 2 aromatic rings. The Morgan fingerprint density at radius 3 is 2.77 bits per heavy atom. The number of fused-ring (bicyclic) bond motifs is 3. The SMILES string of the molecule is COc1ccc2ccc(C(=O)NC3CC4CNC3C4)cc2c1. The highest BCUT2D eigenvalue weighted by molar-refractivity contribution is 5.99. The third-order valence-corrected chi connectivity index (χ3v) is 4.96. The number of hydrogen-bond acceptors (Lipinski definition) is 3. The third-order valence-electron chi connectivity index (χ3n) is 4.96. The molecule has 1 amide bonds. The van der Waals surface area contributed by atoms with Crippen molar-refractivity contribution in [1.82, 2.24) is 10.6 Å². The summed E-state index contributed by atoms with van der Waals surface area (Å²) in [6.07, 6.45) is 2.30. The van der Waals surface area contributed by atoms with Crippen molar-refractivity contribution in [3.8, 4) is 5.75 Å². The summed E-state index contributed by atoms with van der Waals surface area (Å²) in [6.45, 7) is 1.10. The number of piperidine rings is 1. The first kappa shape index (κ1) is 13.6. The lowest BCUT2D eigenvalue weighted by Crippen LogP contribution is -2.47. The first-order valence-electron chi connectivity index (χ1n) is 7.85. The minimum Gasteiger partial charge on any atom is -0.497 e. The Morgan fingerprint density at radius 1 is 1.18 bits per heavy atom. The molecular weight excluding hydrogens is 276 g/mol. The number of carbonyl (C=O) groups excluding carboxylic acids is 1. The van der Waals surface area contributed by atoms with E-state index in [-0.39, 0.29) is 11.9 Å². The second kappa shape index (κ2) is 5.29. The van der Waals surface area contributed by atoms with Crippen molar-refractivity contribution < 1.29 is 9.53 Å². The maximum absolute atomic E-state index is 12.5. The van der Waals surface area contributed by atoms with Gasteiger partial charge in [-0.05, 0) is 60.3 Å². The second-order valence-corrected chi connectivity index (χ2v) is 6.36. The molecule has 1 saturated heterocycles. The van der Waals surface area contributed by atoms with Gasteiger partial charge in [0.05, 0.1) is 7.11 Å². The summed E-state index contributed by atoms with van der Waals surface area (Å²) < 4.78 is 5.25. The van der Waals surface area contributed by atoms with Crippen LogP contribution < -0.4 is 15.4 Å². The van der Waals surface area contributed by atoms with E-state index in [1.807, 2.05) is 36.4 Å². The van der Waals surface area contributed by atoms with E-state index in [4.69, 9.17) is 4.74 Å². The second-order valence-electron chi connectivity index (χ2n) is 6.36. The van der Waals surface area contributed by atoms with Crippen LogP contribution in [0.4, 0.5) is 0 Å². The maximum Gasteiger partial charge on any atom is 0.251 e. The average molecular weight is 296 g/mol. The first-order valence-corrected chi connectivity index (χ1v) is 7.85. The molecule has 114 valence electrons. The highest BCUT2D eigenvalue weighted by atomic mass is 16.5. The van der Waals surface area contributed by atoms with Gasteiger partial charge in [-0.3, -0.25) is 4.79 Å². The van der Waals surface area contributed by atoms with Crippen LogP contribution >= 0.6 is 0 Å². The van der Waals surface area contributed by atoms with Gasteiger partial charge in [-0.15, -0.1) is 0 Å². The van der Waals surface area contributed by atoms with Gasteiger partial charge in [-0.2, -0.15) is 0 Å². The smallest absolute Gasteiger partial charge is 0.251 e. The van der Waals surface area contributed by atoms with Crippen LogP contribution in [0.5, 0.6) is 5.75 Å². The molecule has 1 saturated carbocycles. The van der Waals surface area contributed by atoms with Crippen molar-refractivity contribution in [1.29, 1.82) is 0 Å². The topological polar surface area (TPSA) is 50.4 Å². The van der Waals surface area contributed by atoms with Gasteiger partial charge in [0.2, 0.25) is 0 Å². The van der Waals surface area contributed by atoms with Crippen LogP contribution in [0.1, 0.15) is 23.2 Å². The number of methoxy groups -OCH3 is 1. The van der Waals surface area contributed by atoms with Crippen LogP contribution in [-0.2, 0) is 0 Å². The molecule has 4 rings (SSSR count). The minimum atomic E-state index is 0.0177. The molecule has 2 aliphatic rings. The van der Waals surface area contributed by atoms with Crippen LogP contribution in [0.3, 0.4) is 0 Å². The molecule has 2 bridgehead atoms. The van der Waals surface area contributed by atoms with Gasteiger partial charge in [0, 0.05) is 17.6 Å². The first-order chi connectivity index (χ1) is 10.7. The lowest BCUT2D eigenvalue weighted by Gasteiger charge is -2.24. The Kier molecular flexibility index (Phi) is 3.26. The minimum absolute atomic E-state index is 0.0177. The van der Waals surface area contributed by atoms with Crippen molar-refractivity contribution in [2.45, 2.75) is 24.9 Å². The van der Waals surface area contributed by atoms with Gasteiger partial charge in [0.25, 0.3) is 5.91 Å². The van der Waals surface area contributed by atoms with E-state index in [1.165, 1.54) is 6.42 Å². The van der Waals surface area contributed by atoms with Gasteiger partial charge >= 0.3 is 0 Å². The van der Waals surface area contributed by atoms with Gasteiger partial charge in [-0.25, -0.2) is 0 Å². The highest BCUT2D eigenvalue weighted by Gasteiger charge is 2.39. The Bertz CT molecular complexity index is 728. The molecule has 1 aliphatic carbocycles. The molecule has 3 atom stereocenters. The molecule has 3 unspecified atom stereocenters. The average Bonchev–Trinajstić information content (AvgIpc) is 3.16. The van der Waals surface area contributed by atoms with E-state index >= 15 is 0 Å². The highest BCUT2D eigenvalue weighted by Crippen LogP contribution is 2.31. The molecule has 4 heteroatoms. The molecule has 0 radical (unpaired) electrons. The van der Waals surface area contributed by atoms with E-state index in [2.05, 4.69) is 10.6 Å². The van der Waals surface area contributed by atoms with Gasteiger partial charge < -0.3 is 15.4 Å². The van der Waals surface area contributed by atoms with Crippen molar-refractivity contribution >= 4 is 16.7 Å². The number of carbonyl (C=O) groups is 1. The van der Waals surface area contributed by atoms with Gasteiger partial charge in [0.1, 0.15) is 5.75 Å². The molecule has 0 spiro atoms. The molecular formula is C18H20N2O2. The monoisotopic (exact) mass is 296 g/mol. The fraction of sp³-hybridized carbons (Fsp3) is 0.389. The van der Waals surface area contributed by atoms with E-state index in [9.17, 15) is 4.79 Å². The number of amides is 1. The summed E-state index contributed by atoms with van der Waals surface area (Å²) in [7, 11) is 1.65. The number of hydrogen-bond donors (Lipinski definition) is 2. The summed E-state index contributed by atoms with van der Waals surface area (Å²) in [5.74, 6) is 1.56. The number of rotatable bonds is 3. The number of ether oxygens (including phenoxy) is 1. The summed E-state index contributed by atoms with van der Waals surface area (Å²) in [5.41, 5.74) is 0.712. The largest absolute Gasteiger partial charge is 0.497 e. The predicted molar refractivity (Wildman–Crippen MR) is 86.3 cm³/mol. The Labute approximate surface area is 129 Å². The molecule has 0 aromatic heterocycles. The lowest BCUT2D eigenvalue weighted by atomic mass is 10.0. The van der Waals surface area contributed by atoms with Crippen LogP contribution in [-0.4, -0.2) is 31.6 Å². The van der Waals surface area contributed by atoms with Crippen LogP contribution in [0.2, 0.25) is 0 Å². The number of nitrogens with one attached hydrogen (secondary N) is 2. The maximum atomic E-state index is 12.5. The molecule has 2 N–H and O–H groups in total. The predicted octanol–water partition coefficient (Wildman–Crippen LogP) is 2.33. The van der Waals surface area contributed by atoms with Crippen molar-refractivity contribution in [2.24, 2.45) is 5.92 Å². The van der Waals surface area contributed by atoms with E-state index in [0.29, 0.717) is 11.6 Å². The van der Waals surface area contributed by atoms with E-state index < -0.39 is 0 Å². The standard InChI is InChI=1S/C18H20N2O2/c1-22-15-5-4-12-2-3-13(8-14(12)9-15)18(21)20-17-7-11-6-16(17)19-10-11/h2-5,8-9,11,16-17,19H,6-7,10H2,1H3,(H,20,21). The quantitative estimate of drug-likeness (QED) is 0.914. The van der Waals surface area contributed by atoms with Gasteiger partial charge in [0.15, 0.2) is 0 Å². The zero-order valence-corrected chi connectivity index (χ0v) is 12.6. The van der Waals surface area contributed by atoms with Crippen molar-refractivity contribution in [2.75, 3.05) is 13.7 Å². The Morgan fingerprint density at radius 2 is 2.05 bits per heavy atom. The fourth-order valence-electron chi connectivity index (χ4n) is 3.76. The van der Waals surface area contributed by atoms with Crippen LogP contribution in [0.25, 0.3) is 10.8 Å². The molecule has 1 heterocycles. The Balaban J connectivity index is 1.56. The molecule has 22 heavy (non-hydrogen) atoms. The van der Waals surface area contributed by atoms with Crippen molar-refractivity contribution in [3.05, 3.63) is 42.0 Å². The van der Waals surface area contributed by atoms with E-state index in [1.54, 1.807) is 7.11 Å². The van der Waals surface area contributed by atoms with E-state index in [0.717, 1.165) is 35.4 Å². The van der Waals surface area contributed by atoms with Crippen LogP contribution in [0.15, 0.2) is 36.4 Å². The summed E-state index contributed by atoms with van der Waals surface area (Å²) in [4.78, 5) is 12.5. The zero-order valence-electron chi connectivity index (χ0n) is 12.6. The van der Waals surface area contributed by atoms with Crippen molar-refractivity contribution in [3.63, 3.8) is 0 Å². The van der Waals surface area contributed by atoms with Gasteiger partial charge in [-0.1, -0.05) is 12.1 Å². The Hall–Kier alpha value is -2.07. The molecule has 4 nitrogen and oxygen atoms in total. The summed E-state index contributed by atoms with van der Waals surface area (Å²) >= 11 is 0. The van der Waals surface area contributed by atoms with Crippen LogP contribution in [0, 0.1) is 5.92 Å². The fourth-order valence-corrected chi connectivity index (χ4v) is 3.76. The lowest BCUT2D eigenvalue weighted by molar-refractivity contribution is 0.0928. The summed E-state index contributed by atoms with van der Waals surface area (Å²) in [5, 5.41) is 8.80. The zero-order chi connectivity index (χ0) is 15.1. The number of benzene rings is 2.